The fourth-order valence-electron chi connectivity index (χ4n) is 1.48. The second kappa shape index (κ2) is 4.46. The van der Waals surface area contributed by atoms with E-state index in [4.69, 9.17) is 14.7 Å². The Morgan fingerprint density at radius 2 is 2.13 bits per heavy atom. The van der Waals surface area contributed by atoms with Gasteiger partial charge in [0.15, 0.2) is 17.3 Å². The van der Waals surface area contributed by atoms with Crippen LogP contribution in [0.15, 0.2) is 12.1 Å². The van der Waals surface area contributed by atoms with Crippen LogP contribution in [0.25, 0.3) is 0 Å². The Kier molecular flexibility index (Phi) is 3.03. The topological polar surface area (TPSA) is 50.7 Å². The zero-order chi connectivity index (χ0) is 10.7. The van der Waals surface area contributed by atoms with E-state index >= 15 is 0 Å². The summed E-state index contributed by atoms with van der Waals surface area (Å²) in [5.41, 5.74) is 2.58. The van der Waals surface area contributed by atoms with Gasteiger partial charge in [-0.15, -0.1) is 0 Å². The number of benzene rings is 1. The van der Waals surface area contributed by atoms with Crippen molar-refractivity contribution in [2.24, 2.45) is 0 Å². The molecule has 1 aromatic carbocycles. The van der Waals surface area contributed by atoms with Crippen LogP contribution in [0.3, 0.4) is 0 Å². The molecule has 2 N–H and O–H groups in total. The average Bonchev–Trinajstić information content (AvgIpc) is 2.43. The first-order valence-electron chi connectivity index (χ1n) is 4.76. The number of ether oxygens (including phenoxy) is 2. The van der Waals surface area contributed by atoms with Gasteiger partial charge in [0.05, 0.1) is 13.2 Å². The van der Waals surface area contributed by atoms with Gasteiger partial charge in [0.2, 0.25) is 0 Å². The van der Waals surface area contributed by atoms with Gasteiger partial charge in [0.25, 0.3) is 0 Å². The summed E-state index contributed by atoms with van der Waals surface area (Å²) >= 11 is 0. The van der Waals surface area contributed by atoms with Gasteiger partial charge < -0.3 is 14.7 Å². The van der Waals surface area contributed by atoms with E-state index < -0.39 is 5.82 Å². The van der Waals surface area contributed by atoms with E-state index in [1.54, 1.807) is 6.07 Å². The molecular formula is C10H12FNO3. The van der Waals surface area contributed by atoms with Crippen LogP contribution < -0.4 is 15.0 Å². The first-order valence-corrected chi connectivity index (χ1v) is 4.76. The van der Waals surface area contributed by atoms with E-state index in [-0.39, 0.29) is 12.3 Å². The Morgan fingerprint density at radius 3 is 2.93 bits per heavy atom. The van der Waals surface area contributed by atoms with Gasteiger partial charge in [0.1, 0.15) is 0 Å². The van der Waals surface area contributed by atoms with Gasteiger partial charge in [-0.3, -0.25) is 0 Å². The molecular weight excluding hydrogens is 201 g/mol. The predicted molar refractivity (Wildman–Crippen MR) is 50.6 cm³/mol. The van der Waals surface area contributed by atoms with Crippen LogP contribution in [-0.2, 0) is 6.54 Å². The molecule has 0 aromatic heterocycles. The lowest BCUT2D eigenvalue weighted by Gasteiger charge is -2.10. The smallest absolute Gasteiger partial charge is 0.197 e. The molecule has 0 saturated carbocycles. The second-order valence-electron chi connectivity index (χ2n) is 3.29. The summed E-state index contributed by atoms with van der Waals surface area (Å²) < 4.78 is 24.1. The first-order chi connectivity index (χ1) is 7.31. The lowest BCUT2D eigenvalue weighted by atomic mass is 10.2. The molecule has 1 aromatic rings. The highest BCUT2D eigenvalue weighted by Crippen LogP contribution is 2.33. The van der Waals surface area contributed by atoms with E-state index in [1.165, 1.54) is 6.07 Å². The molecule has 1 heterocycles. The lowest BCUT2D eigenvalue weighted by Crippen LogP contribution is -2.07. The average molecular weight is 213 g/mol. The molecule has 15 heavy (non-hydrogen) atoms. The molecule has 2 rings (SSSR count). The summed E-state index contributed by atoms with van der Waals surface area (Å²) in [4.78, 5) is 0. The summed E-state index contributed by atoms with van der Waals surface area (Å²) in [7, 11) is 0. The summed E-state index contributed by atoms with van der Waals surface area (Å²) in [6, 6.07) is 2.98. The maximum atomic E-state index is 13.5. The normalized spacial score (nSPS) is 14.8. The Bertz CT molecular complexity index is 357. The van der Waals surface area contributed by atoms with Gasteiger partial charge in [0, 0.05) is 13.0 Å². The molecule has 5 heteroatoms. The molecule has 0 bridgehead atoms. The van der Waals surface area contributed by atoms with E-state index in [2.05, 4.69) is 0 Å². The van der Waals surface area contributed by atoms with Gasteiger partial charge in [-0.05, 0) is 17.7 Å². The molecule has 0 unspecified atom stereocenters. The third kappa shape index (κ3) is 2.19. The number of hydrogen-bond donors (Lipinski definition) is 2. The Labute approximate surface area is 86.6 Å². The molecule has 0 spiro atoms. The van der Waals surface area contributed by atoms with E-state index in [1.807, 2.05) is 5.48 Å². The molecule has 0 atom stereocenters. The van der Waals surface area contributed by atoms with Crippen LogP contribution >= 0.6 is 0 Å². The fraction of sp³-hybridized carbons (Fsp3) is 0.400. The van der Waals surface area contributed by atoms with Crippen molar-refractivity contribution in [1.82, 2.24) is 5.48 Å². The summed E-state index contributed by atoms with van der Waals surface area (Å²) in [5, 5.41) is 8.53. The van der Waals surface area contributed by atoms with Crippen molar-refractivity contribution in [3.8, 4) is 11.5 Å². The molecule has 4 nitrogen and oxygen atoms in total. The number of hydroxylamine groups is 1. The quantitative estimate of drug-likeness (QED) is 0.730. The van der Waals surface area contributed by atoms with Gasteiger partial charge >= 0.3 is 0 Å². The van der Waals surface area contributed by atoms with Gasteiger partial charge in [-0.1, -0.05) is 0 Å². The van der Waals surface area contributed by atoms with Crippen molar-refractivity contribution in [3.63, 3.8) is 0 Å². The zero-order valence-electron chi connectivity index (χ0n) is 8.12. The number of halogens is 1. The van der Waals surface area contributed by atoms with Crippen LogP contribution in [0.5, 0.6) is 11.5 Å². The fourth-order valence-corrected chi connectivity index (χ4v) is 1.48. The SMILES string of the molecule is ONCc1cc(F)c2c(c1)OCCCO2. The van der Waals surface area contributed by atoms with Crippen LogP contribution in [0, 0.1) is 5.82 Å². The minimum atomic E-state index is -0.459. The Morgan fingerprint density at radius 1 is 1.33 bits per heavy atom. The van der Waals surface area contributed by atoms with E-state index in [9.17, 15) is 4.39 Å². The van der Waals surface area contributed by atoms with Crippen LogP contribution in [0.4, 0.5) is 4.39 Å². The standard InChI is InChI=1S/C10H12FNO3/c11-8-4-7(6-12-13)5-9-10(8)15-3-1-2-14-9/h4-5,12-13H,1-3,6H2. The van der Waals surface area contributed by atoms with Crippen LogP contribution in [-0.4, -0.2) is 18.4 Å². The largest absolute Gasteiger partial charge is 0.489 e. The van der Waals surface area contributed by atoms with Gasteiger partial charge in [-0.2, -0.15) is 0 Å². The molecule has 0 saturated heterocycles. The number of nitrogens with one attached hydrogen (secondary N) is 1. The van der Waals surface area contributed by atoms with Crippen molar-refractivity contribution in [2.45, 2.75) is 13.0 Å². The molecule has 0 amide bonds. The van der Waals surface area contributed by atoms with Crippen LogP contribution in [0.2, 0.25) is 0 Å². The number of hydrogen-bond acceptors (Lipinski definition) is 4. The Balaban J connectivity index is 2.35. The molecule has 0 radical (unpaired) electrons. The van der Waals surface area contributed by atoms with Crippen molar-refractivity contribution in [2.75, 3.05) is 13.2 Å². The molecule has 0 fully saturated rings. The van der Waals surface area contributed by atoms with Crippen molar-refractivity contribution in [1.29, 1.82) is 0 Å². The van der Waals surface area contributed by atoms with E-state index in [0.29, 0.717) is 24.5 Å². The van der Waals surface area contributed by atoms with Crippen LogP contribution in [0.1, 0.15) is 12.0 Å². The second-order valence-corrected chi connectivity index (χ2v) is 3.29. The molecule has 1 aliphatic rings. The summed E-state index contributed by atoms with van der Waals surface area (Å²) in [6.07, 6.45) is 0.738. The zero-order valence-corrected chi connectivity index (χ0v) is 8.12. The summed E-state index contributed by atoms with van der Waals surface area (Å²) in [5.74, 6) is 0.103. The highest BCUT2D eigenvalue weighted by atomic mass is 19.1. The highest BCUT2D eigenvalue weighted by Gasteiger charge is 2.16. The van der Waals surface area contributed by atoms with Crippen molar-refractivity contribution < 1.29 is 19.1 Å². The highest BCUT2D eigenvalue weighted by molar-refractivity contribution is 5.44. The maximum absolute atomic E-state index is 13.5. The molecule has 82 valence electrons. The van der Waals surface area contributed by atoms with Crippen molar-refractivity contribution >= 4 is 0 Å². The third-order valence-electron chi connectivity index (χ3n) is 2.15. The maximum Gasteiger partial charge on any atom is 0.197 e. The molecule has 1 aliphatic heterocycles. The molecule has 0 aliphatic carbocycles. The number of rotatable bonds is 2. The van der Waals surface area contributed by atoms with Crippen molar-refractivity contribution in [3.05, 3.63) is 23.5 Å². The predicted octanol–water partition coefficient (Wildman–Crippen LogP) is 1.47. The first kappa shape index (κ1) is 10.2. The van der Waals surface area contributed by atoms with Gasteiger partial charge in [-0.25, -0.2) is 9.87 Å². The minimum absolute atomic E-state index is 0.161. The van der Waals surface area contributed by atoms with E-state index in [0.717, 1.165) is 6.42 Å². The lowest BCUT2D eigenvalue weighted by molar-refractivity contribution is 0.161. The minimum Gasteiger partial charge on any atom is -0.489 e. The number of fused-ring (bicyclic) bond motifs is 1. The third-order valence-corrected chi connectivity index (χ3v) is 2.15. The monoisotopic (exact) mass is 213 g/mol. The summed E-state index contributed by atoms with van der Waals surface area (Å²) in [6.45, 7) is 1.15. The Hall–Kier alpha value is -1.33.